The van der Waals surface area contributed by atoms with Crippen LogP contribution in [0.15, 0.2) is 48.5 Å². The molecule has 4 nitrogen and oxygen atoms in total. The van der Waals surface area contributed by atoms with Crippen LogP contribution in [0.1, 0.15) is 42.7 Å². The Morgan fingerprint density at radius 3 is 2.11 bits per heavy atom. The molecule has 1 fully saturated rings. The molecule has 1 saturated carbocycles. The van der Waals surface area contributed by atoms with Gasteiger partial charge in [0, 0.05) is 18.6 Å². The van der Waals surface area contributed by atoms with Gasteiger partial charge in [0.05, 0.1) is 13.2 Å². The maximum atomic E-state index is 11.9. The Kier molecular flexibility index (Phi) is 6.51. The molecule has 0 aromatic heterocycles. The van der Waals surface area contributed by atoms with Crippen molar-refractivity contribution in [2.45, 2.75) is 37.7 Å². The van der Waals surface area contributed by atoms with Crippen molar-refractivity contribution in [3.05, 3.63) is 59.7 Å². The molecule has 27 heavy (non-hydrogen) atoms. The molecule has 0 radical (unpaired) electrons. The van der Waals surface area contributed by atoms with Gasteiger partial charge in [0.1, 0.15) is 11.5 Å². The highest BCUT2D eigenvalue weighted by Crippen LogP contribution is 2.34. The van der Waals surface area contributed by atoms with Gasteiger partial charge in [-0.25, -0.2) is 4.79 Å². The quantitative estimate of drug-likeness (QED) is 0.460. The van der Waals surface area contributed by atoms with E-state index in [1.807, 2.05) is 24.3 Å². The molecule has 0 heterocycles. The fraction of sp³-hybridized carbons (Fsp3) is 0.348. The van der Waals surface area contributed by atoms with Crippen molar-refractivity contribution in [3.63, 3.8) is 0 Å². The topological polar surface area (TPSA) is 44.8 Å². The zero-order valence-corrected chi connectivity index (χ0v) is 15.7. The average Bonchev–Trinajstić information content (AvgIpc) is 2.73. The Hall–Kier alpha value is -2.77. The zero-order valence-electron chi connectivity index (χ0n) is 15.7. The van der Waals surface area contributed by atoms with Gasteiger partial charge in [0.15, 0.2) is 0 Å². The zero-order chi connectivity index (χ0) is 19.1. The second-order valence-electron chi connectivity index (χ2n) is 6.65. The van der Waals surface area contributed by atoms with Crippen LogP contribution in [0.2, 0.25) is 0 Å². The number of rotatable bonds is 4. The van der Waals surface area contributed by atoms with Gasteiger partial charge in [-0.1, -0.05) is 18.1 Å². The number of carbonyl (C=O) groups is 1. The van der Waals surface area contributed by atoms with Crippen molar-refractivity contribution in [1.82, 2.24) is 0 Å². The van der Waals surface area contributed by atoms with Gasteiger partial charge in [-0.05, 0) is 73.6 Å². The Labute approximate surface area is 160 Å². The number of ether oxygens (including phenoxy) is 3. The lowest BCUT2D eigenvalue weighted by Gasteiger charge is -2.27. The third kappa shape index (κ3) is 5.35. The van der Waals surface area contributed by atoms with Gasteiger partial charge < -0.3 is 14.2 Å². The van der Waals surface area contributed by atoms with Gasteiger partial charge >= 0.3 is 5.97 Å². The molecule has 0 aliphatic heterocycles. The summed E-state index contributed by atoms with van der Waals surface area (Å²) < 4.78 is 15.8. The Bertz CT molecular complexity index is 804. The van der Waals surface area contributed by atoms with E-state index in [9.17, 15) is 4.79 Å². The number of hydrogen-bond donors (Lipinski definition) is 0. The Morgan fingerprint density at radius 1 is 0.889 bits per heavy atom. The average molecular weight is 364 g/mol. The molecule has 1 aliphatic carbocycles. The van der Waals surface area contributed by atoms with Gasteiger partial charge in [-0.2, -0.15) is 0 Å². The van der Waals surface area contributed by atoms with Gasteiger partial charge in [-0.3, -0.25) is 0 Å². The van der Waals surface area contributed by atoms with Crippen molar-refractivity contribution in [2.24, 2.45) is 0 Å². The van der Waals surface area contributed by atoms with Crippen molar-refractivity contribution in [1.29, 1.82) is 0 Å². The largest absolute Gasteiger partial charge is 0.497 e. The summed E-state index contributed by atoms with van der Waals surface area (Å²) in [6.07, 6.45) is 4.85. The van der Waals surface area contributed by atoms with E-state index in [1.165, 1.54) is 5.56 Å². The van der Waals surface area contributed by atoms with Crippen LogP contribution in [0.4, 0.5) is 0 Å². The molecule has 1 aliphatic rings. The number of carbonyl (C=O) groups excluding carboxylic acids is 1. The summed E-state index contributed by atoms with van der Waals surface area (Å²) in [6.45, 7) is 0. The fourth-order valence-corrected chi connectivity index (χ4v) is 3.37. The van der Waals surface area contributed by atoms with E-state index in [2.05, 4.69) is 11.8 Å². The van der Waals surface area contributed by atoms with Gasteiger partial charge in [-0.15, -0.1) is 0 Å². The van der Waals surface area contributed by atoms with E-state index in [0.29, 0.717) is 17.8 Å². The molecule has 2 aromatic rings. The minimum absolute atomic E-state index is 0.394. The molecule has 2 aromatic carbocycles. The maximum absolute atomic E-state index is 11.9. The minimum atomic E-state index is -0.570. The molecule has 3 rings (SSSR count). The van der Waals surface area contributed by atoms with Crippen LogP contribution in [0.5, 0.6) is 11.5 Å². The fourth-order valence-electron chi connectivity index (χ4n) is 3.37. The molecule has 4 heteroatoms. The van der Waals surface area contributed by atoms with Crippen LogP contribution in [0.3, 0.4) is 0 Å². The first-order valence-corrected chi connectivity index (χ1v) is 9.18. The molecule has 0 N–H and O–H groups in total. The molecular formula is C23H24O4. The van der Waals surface area contributed by atoms with Crippen LogP contribution in [0, 0.1) is 11.8 Å². The lowest BCUT2D eigenvalue weighted by molar-refractivity contribution is -0.128. The molecule has 0 saturated heterocycles. The Morgan fingerprint density at radius 2 is 1.52 bits per heavy atom. The van der Waals surface area contributed by atoms with Crippen molar-refractivity contribution >= 4 is 5.97 Å². The number of hydrogen-bond acceptors (Lipinski definition) is 4. The molecule has 0 amide bonds. The van der Waals surface area contributed by atoms with Crippen LogP contribution in [-0.2, 0) is 9.53 Å². The summed E-state index contributed by atoms with van der Waals surface area (Å²) in [7, 11) is 3.39. The standard InChI is InChI=1S/C23H24O4/c1-25-20-10-3-17(4-11-20)5-16-23(24)27-22-14-8-19(9-15-22)18-6-12-21(26-2)13-7-18/h3-4,8-11,14-15,18,21H,6-7,12-13H2,1-2H3. The maximum Gasteiger partial charge on any atom is 0.390 e. The highest BCUT2D eigenvalue weighted by Gasteiger charge is 2.22. The molecule has 140 valence electrons. The monoisotopic (exact) mass is 364 g/mol. The van der Waals surface area contributed by atoms with Gasteiger partial charge in [0.2, 0.25) is 0 Å². The van der Waals surface area contributed by atoms with Crippen molar-refractivity contribution in [2.75, 3.05) is 14.2 Å². The summed E-state index contributed by atoms with van der Waals surface area (Å²) in [4.78, 5) is 11.9. The summed E-state index contributed by atoms with van der Waals surface area (Å²) >= 11 is 0. The van der Waals surface area contributed by atoms with E-state index < -0.39 is 5.97 Å². The van der Waals surface area contributed by atoms with Gasteiger partial charge in [0.25, 0.3) is 0 Å². The summed E-state index contributed by atoms with van der Waals surface area (Å²) in [5, 5.41) is 0. The first-order valence-electron chi connectivity index (χ1n) is 9.18. The molecule has 0 unspecified atom stereocenters. The minimum Gasteiger partial charge on any atom is -0.497 e. The van der Waals surface area contributed by atoms with Crippen molar-refractivity contribution < 1.29 is 19.0 Å². The molecule has 0 spiro atoms. The second kappa shape index (κ2) is 9.25. The molecular weight excluding hydrogens is 340 g/mol. The van der Waals surface area contributed by atoms with Crippen molar-refractivity contribution in [3.8, 4) is 23.3 Å². The summed E-state index contributed by atoms with van der Waals surface area (Å²) in [5.74, 6) is 6.55. The highest BCUT2D eigenvalue weighted by atomic mass is 16.5. The Balaban J connectivity index is 1.55. The second-order valence-corrected chi connectivity index (χ2v) is 6.65. The third-order valence-corrected chi connectivity index (χ3v) is 4.97. The first-order chi connectivity index (χ1) is 13.2. The van der Waals surface area contributed by atoms with E-state index in [-0.39, 0.29) is 0 Å². The predicted molar refractivity (Wildman–Crippen MR) is 104 cm³/mol. The number of methoxy groups -OCH3 is 2. The number of esters is 1. The van der Waals surface area contributed by atoms with E-state index in [1.54, 1.807) is 38.5 Å². The summed E-state index contributed by atoms with van der Waals surface area (Å²) in [5.41, 5.74) is 2.02. The SMILES string of the molecule is COc1ccc(C#CC(=O)Oc2ccc(C3CCC(OC)CC3)cc2)cc1. The highest BCUT2D eigenvalue weighted by molar-refractivity contribution is 5.90. The lowest BCUT2D eigenvalue weighted by Crippen LogP contribution is -2.19. The number of benzene rings is 2. The lowest BCUT2D eigenvalue weighted by atomic mass is 9.83. The predicted octanol–water partition coefficient (Wildman–Crippen LogP) is 4.32. The van der Waals surface area contributed by atoms with E-state index in [0.717, 1.165) is 37.0 Å². The van der Waals surface area contributed by atoms with Crippen LogP contribution >= 0.6 is 0 Å². The van der Waals surface area contributed by atoms with Crippen LogP contribution < -0.4 is 9.47 Å². The van der Waals surface area contributed by atoms with Crippen LogP contribution in [-0.4, -0.2) is 26.3 Å². The normalized spacial score (nSPS) is 18.9. The van der Waals surface area contributed by atoms with E-state index >= 15 is 0 Å². The smallest absolute Gasteiger partial charge is 0.390 e. The first kappa shape index (κ1) is 19.0. The summed E-state index contributed by atoms with van der Waals surface area (Å²) in [6, 6.07) is 14.9. The van der Waals surface area contributed by atoms with Crippen LogP contribution in [0.25, 0.3) is 0 Å². The molecule has 0 atom stereocenters. The van der Waals surface area contributed by atoms with E-state index in [4.69, 9.17) is 14.2 Å². The third-order valence-electron chi connectivity index (χ3n) is 4.97. The molecule has 0 bridgehead atoms.